The minimum atomic E-state index is 1.20. The number of hydrogen-bond donors (Lipinski definition) is 0. The average molecular weight is 723 g/mol. The van der Waals surface area contributed by atoms with Crippen molar-refractivity contribution in [3.63, 3.8) is 0 Å². The van der Waals surface area contributed by atoms with Crippen molar-refractivity contribution in [1.82, 2.24) is 0 Å². The molecule has 0 spiro atoms. The number of hydrogen-bond acceptors (Lipinski definition) is 2. The second-order valence-corrected chi connectivity index (χ2v) is 16.0. The Morgan fingerprint density at radius 1 is 0.241 bits per heavy atom. The number of fused-ring (bicyclic) bond motifs is 4. The first-order valence-corrected chi connectivity index (χ1v) is 19.9. The Kier molecular flexibility index (Phi) is 8.33. The summed E-state index contributed by atoms with van der Waals surface area (Å²) >= 11 is 3.71. The molecule has 0 fully saturated rings. The van der Waals surface area contributed by atoms with Gasteiger partial charge in [0.05, 0.1) is 0 Å². The van der Waals surface area contributed by atoms with E-state index in [4.69, 9.17) is 0 Å². The van der Waals surface area contributed by atoms with E-state index in [0.29, 0.717) is 0 Å². The van der Waals surface area contributed by atoms with Gasteiger partial charge in [0, 0.05) is 19.5 Å². The number of benzene rings is 8. The maximum Gasteiger partial charge on any atom is 0.0449 e. The van der Waals surface area contributed by atoms with Gasteiger partial charge in [-0.1, -0.05) is 146 Å². The predicted octanol–water partition coefficient (Wildman–Crippen LogP) is 15.8. The first kappa shape index (κ1) is 32.3. The molecule has 254 valence electrons. The minimum Gasteiger partial charge on any atom is -0.134 e. The van der Waals surface area contributed by atoms with Crippen LogP contribution < -0.4 is 0 Å². The van der Waals surface area contributed by atoms with Crippen LogP contribution in [-0.4, -0.2) is 0 Å². The van der Waals surface area contributed by atoms with E-state index in [1.54, 1.807) is 0 Å². The highest BCUT2D eigenvalue weighted by atomic mass is 32.1. The first-order valence-electron chi connectivity index (χ1n) is 18.3. The summed E-state index contributed by atoms with van der Waals surface area (Å²) in [6.45, 7) is 0. The molecule has 0 aliphatic heterocycles. The summed E-state index contributed by atoms with van der Waals surface area (Å²) in [5.74, 6) is 0. The largest absolute Gasteiger partial charge is 0.134 e. The molecular weight excluding hydrogens is 689 g/mol. The summed E-state index contributed by atoms with van der Waals surface area (Å²) in [4.78, 5) is 5.18. The molecule has 0 N–H and O–H groups in total. The molecule has 2 heteroatoms. The third-order valence-corrected chi connectivity index (χ3v) is 12.7. The second kappa shape index (κ2) is 13.9. The van der Waals surface area contributed by atoms with Crippen molar-refractivity contribution in [1.29, 1.82) is 0 Å². The van der Waals surface area contributed by atoms with Gasteiger partial charge in [-0.3, -0.25) is 0 Å². The van der Waals surface area contributed by atoms with Gasteiger partial charge in [0.25, 0.3) is 0 Å². The molecule has 0 radical (unpaired) electrons. The van der Waals surface area contributed by atoms with Gasteiger partial charge < -0.3 is 0 Å². The predicted molar refractivity (Wildman–Crippen MR) is 239 cm³/mol. The third-order valence-electron chi connectivity index (χ3n) is 10.2. The lowest BCUT2D eigenvalue weighted by atomic mass is 10.0. The fraction of sp³-hybridized carbons (Fsp3) is 0. The Labute approximate surface area is 323 Å². The van der Waals surface area contributed by atoms with Gasteiger partial charge in [0.1, 0.15) is 0 Å². The normalized spacial score (nSPS) is 11.9. The molecule has 54 heavy (non-hydrogen) atoms. The van der Waals surface area contributed by atoms with Crippen LogP contribution in [0.4, 0.5) is 0 Å². The van der Waals surface area contributed by atoms with E-state index in [1.165, 1.54) is 96.0 Å². The molecule has 8 aromatic carbocycles. The van der Waals surface area contributed by atoms with Crippen LogP contribution in [0.15, 0.2) is 182 Å². The Balaban J connectivity index is 0.799. The molecule has 0 aliphatic rings. The molecule has 10 rings (SSSR count). The molecule has 2 aromatic heterocycles. The molecule has 2 heterocycles. The Morgan fingerprint density at radius 3 is 0.963 bits per heavy atom. The van der Waals surface area contributed by atoms with Crippen molar-refractivity contribution in [3.8, 4) is 30.6 Å². The van der Waals surface area contributed by atoms with Crippen LogP contribution in [0.25, 0.3) is 98.0 Å². The molecule has 0 unspecified atom stereocenters. The lowest BCUT2D eigenvalue weighted by molar-refractivity contribution is 1.65. The fourth-order valence-electron chi connectivity index (χ4n) is 7.28. The van der Waals surface area contributed by atoms with E-state index < -0.39 is 0 Å². The zero-order valence-electron chi connectivity index (χ0n) is 29.4. The second-order valence-electron chi connectivity index (χ2n) is 13.9. The van der Waals surface area contributed by atoms with Gasteiger partial charge in [-0.2, -0.15) is 0 Å². The zero-order chi connectivity index (χ0) is 35.8. The van der Waals surface area contributed by atoms with Crippen LogP contribution in [0.5, 0.6) is 0 Å². The van der Waals surface area contributed by atoms with Gasteiger partial charge in [0.2, 0.25) is 0 Å². The van der Waals surface area contributed by atoms with Crippen molar-refractivity contribution in [2.45, 2.75) is 0 Å². The summed E-state index contributed by atoms with van der Waals surface area (Å²) in [5, 5.41) is 10.2. The van der Waals surface area contributed by atoms with Crippen LogP contribution in [0.2, 0.25) is 0 Å². The smallest absolute Gasteiger partial charge is 0.0449 e. The molecule has 0 amide bonds. The van der Waals surface area contributed by atoms with Crippen molar-refractivity contribution >= 4 is 90.1 Å². The zero-order valence-corrected chi connectivity index (χ0v) is 31.1. The van der Waals surface area contributed by atoms with Gasteiger partial charge in [-0.05, 0) is 137 Å². The van der Waals surface area contributed by atoms with Crippen molar-refractivity contribution in [3.05, 3.63) is 204 Å². The highest BCUT2D eigenvalue weighted by Crippen LogP contribution is 2.40. The Bertz CT molecular complexity index is 2820. The van der Waals surface area contributed by atoms with Crippen LogP contribution in [0.1, 0.15) is 22.3 Å². The molecule has 0 bridgehead atoms. The van der Waals surface area contributed by atoms with E-state index in [9.17, 15) is 0 Å². The van der Waals surface area contributed by atoms with Crippen molar-refractivity contribution in [2.75, 3.05) is 0 Å². The average Bonchev–Trinajstić information content (AvgIpc) is 3.92. The summed E-state index contributed by atoms with van der Waals surface area (Å²) in [6, 6.07) is 66.5. The summed E-state index contributed by atoms with van der Waals surface area (Å²) in [5.41, 5.74) is 7.30. The molecule has 10 aromatic rings. The summed E-state index contributed by atoms with van der Waals surface area (Å²) < 4.78 is 0. The number of thiophene rings is 2. The molecule has 0 nitrogen and oxygen atoms in total. The van der Waals surface area contributed by atoms with Crippen LogP contribution >= 0.6 is 22.7 Å². The third kappa shape index (κ3) is 6.58. The van der Waals surface area contributed by atoms with Gasteiger partial charge in [-0.25, -0.2) is 0 Å². The van der Waals surface area contributed by atoms with Gasteiger partial charge >= 0.3 is 0 Å². The summed E-state index contributed by atoms with van der Waals surface area (Å²) in [7, 11) is 0. The van der Waals surface area contributed by atoms with Gasteiger partial charge in [0.15, 0.2) is 0 Å². The Morgan fingerprint density at radius 2 is 0.556 bits per heavy atom. The topological polar surface area (TPSA) is 0 Å². The first-order chi connectivity index (χ1) is 26.7. The molecule has 0 saturated heterocycles. The maximum absolute atomic E-state index is 2.29. The van der Waals surface area contributed by atoms with E-state index >= 15 is 0 Å². The van der Waals surface area contributed by atoms with Crippen LogP contribution in [-0.2, 0) is 0 Å². The minimum absolute atomic E-state index is 1.20. The van der Waals surface area contributed by atoms with Gasteiger partial charge in [-0.15, -0.1) is 22.7 Å². The highest BCUT2D eigenvalue weighted by molar-refractivity contribution is 7.25. The molecular formula is C52H34S2. The van der Waals surface area contributed by atoms with E-state index in [0.717, 1.165) is 0 Å². The lowest BCUT2D eigenvalue weighted by Gasteiger charge is -2.04. The molecule has 0 aliphatic carbocycles. The lowest BCUT2D eigenvalue weighted by Crippen LogP contribution is -1.79. The van der Waals surface area contributed by atoms with Crippen molar-refractivity contribution < 1.29 is 0 Å². The standard InChI is InChI=1S/C52H34S2/c1-3-7-43-33-47-29-37(17-23-45(47)31-41(43)5-1)11-9-35-13-19-39(20-14-35)49-25-27-51(53-49)52-28-26-50(54-52)40-21-15-36(16-22-40)10-12-38-18-24-46-32-42-6-2-4-8-44(42)34-48(46)30-38/h1-34H/b11-9+,12-10+. The maximum atomic E-state index is 2.29. The monoisotopic (exact) mass is 722 g/mol. The van der Waals surface area contributed by atoms with E-state index in [-0.39, 0.29) is 0 Å². The molecule has 0 saturated carbocycles. The fourth-order valence-corrected chi connectivity index (χ4v) is 9.39. The van der Waals surface area contributed by atoms with E-state index in [2.05, 4.69) is 206 Å². The SMILES string of the molecule is C(=C\c1ccc2cc3ccccc3cc2c1)/c1ccc(-c2ccc(-c3ccc(-c4ccc(/C=C/c5ccc6cc7ccccc7cc6c5)cc4)s3)s2)cc1. The Hall–Kier alpha value is -6.32. The van der Waals surface area contributed by atoms with E-state index in [1.807, 2.05) is 22.7 Å². The highest BCUT2D eigenvalue weighted by Gasteiger charge is 2.10. The van der Waals surface area contributed by atoms with Crippen LogP contribution in [0.3, 0.4) is 0 Å². The molecule has 0 atom stereocenters. The van der Waals surface area contributed by atoms with Crippen molar-refractivity contribution in [2.24, 2.45) is 0 Å². The summed E-state index contributed by atoms with van der Waals surface area (Å²) in [6.07, 6.45) is 8.82. The quantitative estimate of drug-likeness (QED) is 0.113. The van der Waals surface area contributed by atoms with Crippen LogP contribution in [0, 0.1) is 0 Å². The number of rotatable bonds is 7.